The van der Waals surface area contributed by atoms with E-state index in [0.717, 1.165) is 18.4 Å². The molecule has 0 aliphatic heterocycles. The molecular formula is C17H23N3O3. The van der Waals surface area contributed by atoms with E-state index in [-0.39, 0.29) is 24.1 Å². The van der Waals surface area contributed by atoms with Crippen LogP contribution in [0.25, 0.3) is 10.9 Å². The van der Waals surface area contributed by atoms with Crippen LogP contribution < -0.4 is 11.2 Å². The fourth-order valence-corrected chi connectivity index (χ4v) is 2.59. The Morgan fingerprint density at radius 1 is 1.39 bits per heavy atom. The molecule has 0 atom stereocenters. The van der Waals surface area contributed by atoms with Crippen molar-refractivity contribution in [3.8, 4) is 0 Å². The summed E-state index contributed by atoms with van der Waals surface area (Å²) >= 11 is 0. The van der Waals surface area contributed by atoms with Crippen LogP contribution in [-0.4, -0.2) is 40.7 Å². The van der Waals surface area contributed by atoms with Crippen LogP contribution in [-0.2, 0) is 6.54 Å². The molecule has 1 aromatic carbocycles. The number of carbonyl (C=O) groups excluding carboxylic acids is 1. The maximum Gasteiger partial charge on any atom is 0.259 e. The molecule has 0 fully saturated rings. The number of aryl methyl sites for hydroxylation is 1. The molecule has 0 aliphatic carbocycles. The number of aromatic nitrogens is 1. The van der Waals surface area contributed by atoms with Gasteiger partial charge in [0.2, 0.25) is 5.43 Å². The summed E-state index contributed by atoms with van der Waals surface area (Å²) < 4.78 is 1.91. The fraction of sp³-hybridized carbons (Fsp3) is 0.412. The van der Waals surface area contributed by atoms with Crippen LogP contribution in [0.5, 0.6) is 0 Å². The maximum atomic E-state index is 12.7. The standard InChI is InChI=1S/C17H23N3O3/c1-3-4-8-20-11-12(17(23)19(2)9-10-21)16(22)15-13(18)6-5-7-14(15)20/h5-7,11,21H,3-4,8-10,18H2,1-2H3. The number of carbonyl (C=O) groups is 1. The van der Waals surface area contributed by atoms with Crippen LogP contribution in [0.4, 0.5) is 5.69 Å². The Morgan fingerprint density at radius 3 is 2.78 bits per heavy atom. The van der Waals surface area contributed by atoms with Crippen LogP contribution in [0, 0.1) is 0 Å². The van der Waals surface area contributed by atoms with Gasteiger partial charge in [0.25, 0.3) is 5.91 Å². The number of pyridine rings is 1. The van der Waals surface area contributed by atoms with Crippen LogP contribution in [0.3, 0.4) is 0 Å². The highest BCUT2D eigenvalue weighted by Gasteiger charge is 2.19. The van der Waals surface area contributed by atoms with Gasteiger partial charge in [-0.05, 0) is 18.6 Å². The SMILES string of the molecule is CCCCn1cc(C(=O)N(C)CCO)c(=O)c2c(N)cccc21. The summed E-state index contributed by atoms with van der Waals surface area (Å²) in [6.45, 7) is 2.82. The van der Waals surface area contributed by atoms with Crippen molar-refractivity contribution in [2.75, 3.05) is 25.9 Å². The minimum Gasteiger partial charge on any atom is -0.398 e. The van der Waals surface area contributed by atoms with Crippen LogP contribution in [0.1, 0.15) is 30.1 Å². The average molecular weight is 317 g/mol. The van der Waals surface area contributed by atoms with Crippen LogP contribution >= 0.6 is 0 Å². The number of aliphatic hydroxyl groups excluding tert-OH is 1. The summed E-state index contributed by atoms with van der Waals surface area (Å²) in [5, 5.41) is 9.37. The van der Waals surface area contributed by atoms with Crippen molar-refractivity contribution in [3.63, 3.8) is 0 Å². The summed E-state index contributed by atoms with van der Waals surface area (Å²) in [5.74, 6) is -0.403. The molecule has 0 aliphatic rings. The van der Waals surface area contributed by atoms with E-state index in [2.05, 4.69) is 6.92 Å². The monoisotopic (exact) mass is 317 g/mol. The smallest absolute Gasteiger partial charge is 0.259 e. The second kappa shape index (κ2) is 7.28. The molecule has 6 nitrogen and oxygen atoms in total. The van der Waals surface area contributed by atoms with E-state index in [1.807, 2.05) is 10.6 Å². The average Bonchev–Trinajstić information content (AvgIpc) is 2.54. The molecule has 0 saturated carbocycles. The predicted molar refractivity (Wildman–Crippen MR) is 91.6 cm³/mol. The summed E-state index contributed by atoms with van der Waals surface area (Å²) in [4.78, 5) is 26.6. The second-order valence-electron chi connectivity index (χ2n) is 5.61. The van der Waals surface area contributed by atoms with E-state index in [1.165, 1.54) is 4.90 Å². The first-order valence-corrected chi connectivity index (χ1v) is 7.79. The van der Waals surface area contributed by atoms with Crippen molar-refractivity contribution < 1.29 is 9.90 Å². The zero-order valence-electron chi connectivity index (χ0n) is 13.6. The number of nitrogens with two attached hydrogens (primary N) is 1. The molecule has 3 N–H and O–H groups in total. The number of benzene rings is 1. The lowest BCUT2D eigenvalue weighted by Crippen LogP contribution is -2.34. The molecule has 1 amide bonds. The van der Waals surface area contributed by atoms with Gasteiger partial charge >= 0.3 is 0 Å². The quantitative estimate of drug-likeness (QED) is 0.789. The molecule has 0 radical (unpaired) electrons. The van der Waals surface area contributed by atoms with E-state index in [4.69, 9.17) is 10.8 Å². The number of likely N-dealkylation sites (N-methyl/N-ethyl adjacent to an activating group) is 1. The third-order valence-electron chi connectivity index (χ3n) is 3.91. The van der Waals surface area contributed by atoms with Gasteiger partial charge in [-0.25, -0.2) is 0 Å². The highest BCUT2D eigenvalue weighted by Crippen LogP contribution is 2.19. The normalized spacial score (nSPS) is 10.9. The zero-order valence-corrected chi connectivity index (χ0v) is 13.6. The molecular weight excluding hydrogens is 294 g/mol. The van der Waals surface area contributed by atoms with Gasteiger partial charge in [0.15, 0.2) is 0 Å². The minimum absolute atomic E-state index is 0.0856. The van der Waals surface area contributed by atoms with E-state index in [9.17, 15) is 9.59 Å². The Kier molecular flexibility index (Phi) is 5.39. The Hall–Kier alpha value is -2.34. The van der Waals surface area contributed by atoms with Gasteiger partial charge in [0.05, 0.1) is 17.5 Å². The van der Waals surface area contributed by atoms with E-state index in [0.29, 0.717) is 17.6 Å². The predicted octanol–water partition coefficient (Wildman–Crippen LogP) is 1.45. The number of unbranched alkanes of at least 4 members (excludes halogenated alkanes) is 1. The van der Waals surface area contributed by atoms with Gasteiger partial charge in [0.1, 0.15) is 5.56 Å². The lowest BCUT2D eigenvalue weighted by atomic mass is 10.1. The zero-order chi connectivity index (χ0) is 17.0. The van der Waals surface area contributed by atoms with Crippen molar-refractivity contribution in [2.45, 2.75) is 26.3 Å². The molecule has 0 saturated heterocycles. The van der Waals surface area contributed by atoms with Gasteiger partial charge in [-0.2, -0.15) is 0 Å². The number of fused-ring (bicyclic) bond motifs is 1. The molecule has 124 valence electrons. The summed E-state index contributed by atoms with van der Waals surface area (Å²) in [6.07, 6.45) is 3.55. The van der Waals surface area contributed by atoms with Crippen LogP contribution in [0.15, 0.2) is 29.2 Å². The van der Waals surface area contributed by atoms with Crippen molar-refractivity contribution in [3.05, 3.63) is 40.2 Å². The third kappa shape index (κ3) is 3.37. The van der Waals surface area contributed by atoms with E-state index in [1.54, 1.807) is 25.4 Å². The number of nitrogens with zero attached hydrogens (tertiary/aromatic N) is 2. The summed E-state index contributed by atoms with van der Waals surface area (Å²) in [6, 6.07) is 5.31. The van der Waals surface area contributed by atoms with E-state index >= 15 is 0 Å². The molecule has 6 heteroatoms. The van der Waals surface area contributed by atoms with Crippen LogP contribution in [0.2, 0.25) is 0 Å². The number of anilines is 1. The molecule has 2 aromatic rings. The molecule has 0 bridgehead atoms. The molecule has 1 heterocycles. The van der Waals surface area contributed by atoms with E-state index < -0.39 is 5.91 Å². The Labute approximate surface area is 135 Å². The molecule has 2 rings (SSSR count). The van der Waals surface area contributed by atoms with Crippen molar-refractivity contribution in [1.29, 1.82) is 0 Å². The topological polar surface area (TPSA) is 88.6 Å². The number of aliphatic hydroxyl groups is 1. The summed E-state index contributed by atoms with van der Waals surface area (Å²) in [7, 11) is 1.56. The number of nitrogen functional groups attached to an aromatic ring is 1. The van der Waals surface area contributed by atoms with Gasteiger partial charge in [-0.15, -0.1) is 0 Å². The van der Waals surface area contributed by atoms with Crippen molar-refractivity contribution in [1.82, 2.24) is 9.47 Å². The van der Waals surface area contributed by atoms with Gasteiger partial charge in [0, 0.05) is 32.0 Å². The number of amides is 1. The lowest BCUT2D eigenvalue weighted by Gasteiger charge is -2.18. The number of hydrogen-bond donors (Lipinski definition) is 2. The number of hydrogen-bond acceptors (Lipinski definition) is 4. The van der Waals surface area contributed by atoms with Gasteiger partial charge < -0.3 is 20.3 Å². The molecule has 1 aromatic heterocycles. The third-order valence-corrected chi connectivity index (χ3v) is 3.91. The van der Waals surface area contributed by atoms with Gasteiger partial charge in [-0.3, -0.25) is 9.59 Å². The molecule has 0 unspecified atom stereocenters. The first-order valence-electron chi connectivity index (χ1n) is 7.79. The second-order valence-corrected chi connectivity index (χ2v) is 5.61. The first-order chi connectivity index (χ1) is 11.0. The largest absolute Gasteiger partial charge is 0.398 e. The minimum atomic E-state index is -0.403. The highest BCUT2D eigenvalue weighted by molar-refractivity contribution is 6.00. The Morgan fingerprint density at radius 2 is 2.13 bits per heavy atom. The summed E-state index contributed by atoms with van der Waals surface area (Å²) in [5.41, 5.74) is 6.82. The molecule has 23 heavy (non-hydrogen) atoms. The Bertz CT molecular complexity index is 768. The lowest BCUT2D eigenvalue weighted by molar-refractivity contribution is 0.0765. The highest BCUT2D eigenvalue weighted by atomic mass is 16.3. The van der Waals surface area contributed by atoms with Crippen molar-refractivity contribution >= 4 is 22.5 Å². The maximum absolute atomic E-state index is 12.7. The molecule has 0 spiro atoms. The Balaban J connectivity index is 2.66. The van der Waals surface area contributed by atoms with Gasteiger partial charge in [-0.1, -0.05) is 19.4 Å². The number of rotatable bonds is 6. The van der Waals surface area contributed by atoms with Crippen molar-refractivity contribution in [2.24, 2.45) is 0 Å². The fourth-order valence-electron chi connectivity index (χ4n) is 2.59. The first kappa shape index (κ1) is 17.0.